The van der Waals surface area contributed by atoms with E-state index < -0.39 is 5.41 Å². The molecule has 0 aliphatic rings. The van der Waals surface area contributed by atoms with Gasteiger partial charge < -0.3 is 0 Å². The van der Waals surface area contributed by atoms with Gasteiger partial charge in [0.2, 0.25) is 0 Å². The molecule has 0 heterocycles. The maximum absolute atomic E-state index is 10.5. The first-order chi connectivity index (χ1) is 16.8. The fraction of sp³-hybridized carbons (Fsp3) is 0.406. The van der Waals surface area contributed by atoms with E-state index in [1.807, 2.05) is 24.3 Å². The Kier molecular flexibility index (Phi) is 9.55. The Balaban J connectivity index is 1.96. The molecule has 3 heteroatoms. The quantitative estimate of drug-likeness (QED) is 0.270. The maximum atomic E-state index is 10.5. The number of hydrogen-bond acceptors (Lipinski definition) is 2. The van der Waals surface area contributed by atoms with Gasteiger partial charge in [-0.05, 0) is 67.9 Å². The van der Waals surface area contributed by atoms with Gasteiger partial charge in [0, 0.05) is 23.1 Å². The van der Waals surface area contributed by atoms with Crippen LogP contribution in [-0.4, -0.2) is 10.9 Å². The molecule has 0 aromatic heterocycles. The van der Waals surface area contributed by atoms with Gasteiger partial charge >= 0.3 is 0 Å². The summed E-state index contributed by atoms with van der Waals surface area (Å²) in [5, 5.41) is 11.2. The normalized spacial score (nSPS) is 15.9. The highest BCUT2D eigenvalue weighted by Crippen LogP contribution is 2.41. The van der Waals surface area contributed by atoms with Crippen LogP contribution in [0, 0.1) is 17.2 Å². The third kappa shape index (κ3) is 6.16. The molecule has 4 unspecified atom stereocenters. The minimum Gasteiger partial charge on any atom is -0.287 e. The molecule has 0 radical (unpaired) electrons. The monoisotopic (exact) mass is 486 g/mol. The minimum absolute atomic E-state index is 0.192. The lowest BCUT2D eigenvalue weighted by atomic mass is 9.69. The molecule has 0 amide bonds. The van der Waals surface area contributed by atoms with Crippen molar-refractivity contribution in [2.75, 3.05) is 0 Å². The molecule has 0 aliphatic heterocycles. The Morgan fingerprint density at radius 1 is 0.800 bits per heavy atom. The van der Waals surface area contributed by atoms with Crippen LogP contribution in [0.25, 0.3) is 0 Å². The fourth-order valence-electron chi connectivity index (χ4n) is 5.50. The van der Waals surface area contributed by atoms with E-state index >= 15 is 0 Å². The molecule has 35 heavy (non-hydrogen) atoms. The lowest BCUT2D eigenvalue weighted by Gasteiger charge is -2.43. The van der Waals surface area contributed by atoms with E-state index in [1.54, 1.807) is 0 Å². The summed E-state index contributed by atoms with van der Waals surface area (Å²) in [7, 11) is 0. The van der Waals surface area contributed by atoms with Crippen LogP contribution in [0.5, 0.6) is 0 Å². The highest BCUT2D eigenvalue weighted by Gasteiger charge is 2.38. The van der Waals surface area contributed by atoms with Crippen molar-refractivity contribution in [2.24, 2.45) is 5.92 Å². The lowest BCUT2D eigenvalue weighted by Crippen LogP contribution is -2.41. The molecule has 0 N–H and O–H groups in total. The number of halogens is 1. The Hall–Kier alpha value is -2.60. The highest BCUT2D eigenvalue weighted by molar-refractivity contribution is 6.30. The van der Waals surface area contributed by atoms with E-state index in [2.05, 4.69) is 106 Å². The molecule has 2 nitrogen and oxygen atoms in total. The van der Waals surface area contributed by atoms with Gasteiger partial charge in [-0.2, -0.15) is 5.26 Å². The van der Waals surface area contributed by atoms with Crippen molar-refractivity contribution >= 4 is 11.6 Å². The molecule has 3 aromatic rings. The third-order valence-corrected chi connectivity index (χ3v) is 8.02. The summed E-state index contributed by atoms with van der Waals surface area (Å²) in [6.45, 7) is 11.2. The fourth-order valence-corrected chi connectivity index (χ4v) is 5.62. The molecule has 0 fully saturated rings. The van der Waals surface area contributed by atoms with Gasteiger partial charge in [0.1, 0.15) is 0 Å². The van der Waals surface area contributed by atoms with E-state index in [1.165, 1.54) is 11.1 Å². The van der Waals surface area contributed by atoms with Gasteiger partial charge in [0.25, 0.3) is 0 Å². The molecular formula is C32H39ClN2. The van der Waals surface area contributed by atoms with Crippen molar-refractivity contribution in [1.82, 2.24) is 4.90 Å². The standard InChI is InChI=1S/C32H39ClN2/c1-6-31(21-22-32(23-34,24(2)3)29-17-19-30(33)20-18-29)35(25(4)27-13-9-7-10-14-27)26(5)28-15-11-8-12-16-28/h7-20,24-26,31H,6,21-22H2,1-5H3. The smallest absolute Gasteiger partial charge is 0.0845 e. The van der Waals surface area contributed by atoms with Gasteiger partial charge in [-0.25, -0.2) is 0 Å². The summed E-state index contributed by atoms with van der Waals surface area (Å²) in [4.78, 5) is 2.66. The Morgan fingerprint density at radius 3 is 1.69 bits per heavy atom. The number of rotatable bonds is 11. The summed E-state index contributed by atoms with van der Waals surface area (Å²) in [5.41, 5.74) is 3.16. The molecule has 0 saturated heterocycles. The number of benzene rings is 3. The Bertz CT molecular complexity index is 1030. The first-order valence-corrected chi connectivity index (χ1v) is 13.3. The van der Waals surface area contributed by atoms with Crippen molar-refractivity contribution in [3.63, 3.8) is 0 Å². The molecule has 0 spiro atoms. The van der Waals surface area contributed by atoms with Crippen LogP contribution in [0.2, 0.25) is 5.02 Å². The summed E-state index contributed by atoms with van der Waals surface area (Å²) in [6, 6.07) is 33.0. The number of nitriles is 1. The third-order valence-electron chi connectivity index (χ3n) is 7.77. The molecule has 0 bridgehead atoms. The predicted octanol–water partition coefficient (Wildman–Crippen LogP) is 9.14. The first-order valence-electron chi connectivity index (χ1n) is 12.9. The van der Waals surface area contributed by atoms with Crippen LogP contribution in [0.1, 0.15) is 82.7 Å². The van der Waals surface area contributed by atoms with E-state index in [9.17, 15) is 5.26 Å². The number of nitrogens with zero attached hydrogens (tertiary/aromatic N) is 2. The minimum atomic E-state index is -0.546. The number of hydrogen-bond donors (Lipinski definition) is 0. The van der Waals surface area contributed by atoms with Gasteiger partial charge in [0.05, 0.1) is 11.5 Å². The average Bonchev–Trinajstić information content (AvgIpc) is 2.89. The van der Waals surface area contributed by atoms with Gasteiger partial charge in [-0.1, -0.05) is 105 Å². The van der Waals surface area contributed by atoms with Crippen LogP contribution in [0.15, 0.2) is 84.9 Å². The van der Waals surface area contributed by atoms with E-state index in [4.69, 9.17) is 11.6 Å². The van der Waals surface area contributed by atoms with Crippen LogP contribution < -0.4 is 0 Å². The van der Waals surface area contributed by atoms with Gasteiger partial charge in [0.15, 0.2) is 0 Å². The summed E-state index contributed by atoms with van der Waals surface area (Å²) >= 11 is 6.17. The van der Waals surface area contributed by atoms with Gasteiger partial charge in [-0.15, -0.1) is 0 Å². The molecular weight excluding hydrogens is 448 g/mol. The highest BCUT2D eigenvalue weighted by atomic mass is 35.5. The van der Waals surface area contributed by atoms with E-state index in [0.717, 1.165) is 24.8 Å². The average molecular weight is 487 g/mol. The van der Waals surface area contributed by atoms with Crippen LogP contribution >= 0.6 is 11.6 Å². The van der Waals surface area contributed by atoms with Gasteiger partial charge in [-0.3, -0.25) is 4.90 Å². The summed E-state index contributed by atoms with van der Waals surface area (Å²) in [6.07, 6.45) is 2.77. The Morgan fingerprint density at radius 2 is 1.29 bits per heavy atom. The summed E-state index contributed by atoms with van der Waals surface area (Å²) < 4.78 is 0. The second-order valence-electron chi connectivity index (χ2n) is 9.97. The SMILES string of the molecule is CCC(CCC(C#N)(c1ccc(Cl)cc1)C(C)C)N(C(C)c1ccccc1)C(C)c1ccccc1. The van der Waals surface area contributed by atoms with Crippen LogP contribution in [0.4, 0.5) is 0 Å². The molecule has 0 aliphatic carbocycles. The van der Waals surface area contributed by atoms with E-state index in [0.29, 0.717) is 11.1 Å². The van der Waals surface area contributed by atoms with Crippen molar-refractivity contribution in [1.29, 1.82) is 5.26 Å². The lowest BCUT2D eigenvalue weighted by molar-refractivity contribution is 0.0789. The van der Waals surface area contributed by atoms with Crippen molar-refractivity contribution in [3.05, 3.63) is 107 Å². The zero-order chi connectivity index (χ0) is 25.4. The molecule has 0 saturated carbocycles. The topological polar surface area (TPSA) is 27.0 Å². The molecule has 4 atom stereocenters. The zero-order valence-corrected chi connectivity index (χ0v) is 22.5. The van der Waals surface area contributed by atoms with Crippen LogP contribution in [0.3, 0.4) is 0 Å². The van der Waals surface area contributed by atoms with Crippen molar-refractivity contribution in [2.45, 2.75) is 77.4 Å². The molecule has 184 valence electrons. The molecule has 3 aromatic carbocycles. The second kappa shape index (κ2) is 12.4. The zero-order valence-electron chi connectivity index (χ0n) is 21.8. The maximum Gasteiger partial charge on any atom is 0.0845 e. The van der Waals surface area contributed by atoms with Crippen LogP contribution in [-0.2, 0) is 5.41 Å². The molecule has 3 rings (SSSR count). The predicted molar refractivity (Wildman–Crippen MR) is 148 cm³/mol. The summed E-state index contributed by atoms with van der Waals surface area (Å²) in [5.74, 6) is 0.192. The van der Waals surface area contributed by atoms with Crippen molar-refractivity contribution < 1.29 is 0 Å². The van der Waals surface area contributed by atoms with Crippen molar-refractivity contribution in [3.8, 4) is 6.07 Å². The Labute approximate surface area is 217 Å². The largest absolute Gasteiger partial charge is 0.287 e. The first kappa shape index (κ1) is 27.0. The second-order valence-corrected chi connectivity index (χ2v) is 10.4. The van der Waals surface area contributed by atoms with E-state index in [-0.39, 0.29) is 18.0 Å².